The van der Waals surface area contributed by atoms with Gasteiger partial charge in [0, 0.05) is 17.8 Å². The van der Waals surface area contributed by atoms with Gasteiger partial charge >= 0.3 is 0 Å². The smallest absolute Gasteiger partial charge is 0.177 e. The first kappa shape index (κ1) is 12.1. The van der Waals surface area contributed by atoms with Gasteiger partial charge in [-0.05, 0) is 12.1 Å². The van der Waals surface area contributed by atoms with Crippen molar-refractivity contribution in [1.29, 1.82) is 5.26 Å². The van der Waals surface area contributed by atoms with Gasteiger partial charge in [0.1, 0.15) is 0 Å². The van der Waals surface area contributed by atoms with Gasteiger partial charge in [-0.2, -0.15) is 5.26 Å². The third-order valence-corrected chi connectivity index (χ3v) is 3.60. The number of pyridine rings is 1. The van der Waals surface area contributed by atoms with Crippen molar-refractivity contribution in [2.24, 2.45) is 0 Å². The van der Waals surface area contributed by atoms with Crippen LogP contribution in [0.2, 0.25) is 0 Å². The van der Waals surface area contributed by atoms with Crippen molar-refractivity contribution in [1.82, 2.24) is 4.98 Å². The van der Waals surface area contributed by atoms with Gasteiger partial charge in [-0.15, -0.1) is 0 Å². The lowest BCUT2D eigenvalue weighted by Gasteiger charge is -2.04. The van der Waals surface area contributed by atoms with Crippen LogP contribution in [0.25, 0.3) is 0 Å². The molecule has 0 amide bonds. The second kappa shape index (κ2) is 4.73. The van der Waals surface area contributed by atoms with Crippen LogP contribution in [0.1, 0.15) is 11.6 Å². The molecule has 0 aliphatic rings. The zero-order valence-corrected chi connectivity index (χ0v) is 10.4. The fraction of sp³-hybridized carbons (Fsp3) is 0.333. The summed E-state index contributed by atoms with van der Waals surface area (Å²) in [5.74, 6) is -0.349. The second-order valence-electron chi connectivity index (χ2n) is 3.03. The SMILES string of the molecule is CS(=O)(=O)c1ccc(C(C#N)CBr)nc1. The number of alkyl halides is 1. The minimum Gasteiger partial charge on any atom is -0.259 e. The van der Waals surface area contributed by atoms with Gasteiger partial charge in [0.2, 0.25) is 0 Å². The van der Waals surface area contributed by atoms with Gasteiger partial charge in [-0.1, -0.05) is 15.9 Å². The van der Waals surface area contributed by atoms with E-state index >= 15 is 0 Å². The summed E-state index contributed by atoms with van der Waals surface area (Å²) in [6, 6.07) is 5.09. The first-order chi connectivity index (χ1) is 6.99. The lowest BCUT2D eigenvalue weighted by molar-refractivity contribution is 0.601. The normalized spacial score (nSPS) is 13.1. The summed E-state index contributed by atoms with van der Waals surface area (Å²) in [4.78, 5) is 4.12. The van der Waals surface area contributed by atoms with Gasteiger partial charge in [-0.3, -0.25) is 4.98 Å². The van der Waals surface area contributed by atoms with E-state index in [-0.39, 0.29) is 10.8 Å². The summed E-state index contributed by atoms with van der Waals surface area (Å²) in [6.45, 7) is 0. The fourth-order valence-electron chi connectivity index (χ4n) is 0.997. The van der Waals surface area contributed by atoms with E-state index in [1.165, 1.54) is 12.3 Å². The van der Waals surface area contributed by atoms with Gasteiger partial charge in [0.05, 0.1) is 22.6 Å². The fourth-order valence-corrected chi connectivity index (χ4v) is 2.03. The maximum Gasteiger partial charge on any atom is 0.177 e. The van der Waals surface area contributed by atoms with E-state index in [0.717, 1.165) is 6.26 Å². The highest BCUT2D eigenvalue weighted by Gasteiger charge is 2.12. The minimum atomic E-state index is -3.22. The molecule has 6 heteroatoms. The second-order valence-corrected chi connectivity index (χ2v) is 5.69. The zero-order valence-electron chi connectivity index (χ0n) is 8.01. The van der Waals surface area contributed by atoms with Crippen LogP contribution in [0.15, 0.2) is 23.2 Å². The van der Waals surface area contributed by atoms with E-state index in [9.17, 15) is 8.42 Å². The molecular formula is C9H9BrN2O2S. The van der Waals surface area contributed by atoms with Crippen LogP contribution in [0.5, 0.6) is 0 Å². The molecule has 0 radical (unpaired) electrons. The quantitative estimate of drug-likeness (QED) is 0.790. The molecule has 0 saturated carbocycles. The first-order valence-electron chi connectivity index (χ1n) is 4.10. The number of hydrogen-bond donors (Lipinski definition) is 0. The topological polar surface area (TPSA) is 70.8 Å². The molecule has 4 nitrogen and oxygen atoms in total. The van der Waals surface area contributed by atoms with Crippen molar-refractivity contribution >= 4 is 25.8 Å². The molecular weight excluding hydrogens is 280 g/mol. The highest BCUT2D eigenvalue weighted by atomic mass is 79.9. The van der Waals surface area contributed by atoms with Gasteiger partial charge in [-0.25, -0.2) is 8.42 Å². The number of nitrogens with zero attached hydrogens (tertiary/aromatic N) is 2. The molecule has 0 spiro atoms. The predicted octanol–water partition coefficient (Wildman–Crippen LogP) is 1.49. The van der Waals surface area contributed by atoms with E-state index in [2.05, 4.69) is 27.0 Å². The Morgan fingerprint density at radius 2 is 2.27 bits per heavy atom. The summed E-state index contributed by atoms with van der Waals surface area (Å²) in [7, 11) is -3.22. The van der Waals surface area contributed by atoms with Crippen molar-refractivity contribution < 1.29 is 8.42 Å². The van der Waals surface area contributed by atoms with E-state index in [4.69, 9.17) is 5.26 Å². The molecule has 1 unspecified atom stereocenters. The Morgan fingerprint density at radius 3 is 2.60 bits per heavy atom. The highest BCUT2D eigenvalue weighted by molar-refractivity contribution is 9.09. The average molecular weight is 289 g/mol. The molecule has 0 aliphatic carbocycles. The van der Waals surface area contributed by atoms with E-state index in [1.54, 1.807) is 6.07 Å². The monoisotopic (exact) mass is 288 g/mol. The number of rotatable bonds is 3. The summed E-state index contributed by atoms with van der Waals surface area (Å²) < 4.78 is 22.3. The molecule has 0 bridgehead atoms. The molecule has 1 rings (SSSR count). The van der Waals surface area contributed by atoms with E-state index in [1.807, 2.05) is 0 Å². The number of nitriles is 1. The maximum absolute atomic E-state index is 11.1. The Kier molecular flexibility index (Phi) is 3.83. The molecule has 0 aromatic carbocycles. The molecule has 0 N–H and O–H groups in total. The molecule has 1 aromatic heterocycles. The van der Waals surface area contributed by atoms with Crippen molar-refractivity contribution in [3.05, 3.63) is 24.0 Å². The lowest BCUT2D eigenvalue weighted by Crippen LogP contribution is -2.03. The average Bonchev–Trinajstić information content (AvgIpc) is 2.19. The number of hydrogen-bond acceptors (Lipinski definition) is 4. The zero-order chi connectivity index (χ0) is 11.5. The van der Waals surface area contributed by atoms with Gasteiger partial charge in [0.25, 0.3) is 0 Å². The Bertz CT molecular complexity index is 476. The van der Waals surface area contributed by atoms with Crippen molar-refractivity contribution in [3.63, 3.8) is 0 Å². The van der Waals surface area contributed by atoms with Crippen LogP contribution in [0.4, 0.5) is 0 Å². The molecule has 80 valence electrons. The number of sulfone groups is 1. The van der Waals surface area contributed by atoms with Crippen LogP contribution in [-0.2, 0) is 9.84 Å². The standard InChI is InChI=1S/C9H9BrN2O2S/c1-15(13,14)8-2-3-9(12-6-8)7(4-10)5-11/h2-3,6-7H,4H2,1H3. The molecule has 1 aromatic rings. The van der Waals surface area contributed by atoms with E-state index in [0.29, 0.717) is 11.0 Å². The predicted molar refractivity (Wildman–Crippen MR) is 59.5 cm³/mol. The molecule has 1 heterocycles. The third-order valence-electron chi connectivity index (χ3n) is 1.85. The Labute approximate surface area is 97.0 Å². The van der Waals surface area contributed by atoms with Gasteiger partial charge < -0.3 is 0 Å². The van der Waals surface area contributed by atoms with Crippen LogP contribution >= 0.6 is 15.9 Å². The summed E-state index contributed by atoms with van der Waals surface area (Å²) >= 11 is 3.19. The molecule has 1 atom stereocenters. The minimum absolute atomic E-state index is 0.164. The van der Waals surface area contributed by atoms with Crippen LogP contribution in [0, 0.1) is 11.3 Å². The number of aromatic nitrogens is 1. The lowest BCUT2D eigenvalue weighted by atomic mass is 10.1. The molecule has 0 saturated heterocycles. The molecule has 15 heavy (non-hydrogen) atoms. The Hall–Kier alpha value is -0.930. The van der Waals surface area contributed by atoms with Crippen molar-refractivity contribution in [2.75, 3.05) is 11.6 Å². The highest BCUT2D eigenvalue weighted by Crippen LogP contribution is 2.16. The van der Waals surface area contributed by atoms with E-state index < -0.39 is 9.84 Å². The molecule has 0 aliphatic heterocycles. The van der Waals surface area contributed by atoms with Crippen LogP contribution < -0.4 is 0 Å². The Balaban J connectivity index is 3.06. The van der Waals surface area contributed by atoms with Crippen LogP contribution in [0.3, 0.4) is 0 Å². The summed E-state index contributed by atoms with van der Waals surface area (Å²) in [5.41, 5.74) is 0.571. The first-order valence-corrected chi connectivity index (χ1v) is 7.12. The maximum atomic E-state index is 11.1. The molecule has 0 fully saturated rings. The number of halogens is 1. The largest absolute Gasteiger partial charge is 0.259 e. The summed E-state index contributed by atoms with van der Waals surface area (Å²) in [6.07, 6.45) is 2.40. The third kappa shape index (κ3) is 3.01. The summed E-state index contributed by atoms with van der Waals surface area (Å²) in [5, 5.41) is 9.25. The van der Waals surface area contributed by atoms with Crippen LogP contribution in [-0.4, -0.2) is 25.0 Å². The van der Waals surface area contributed by atoms with Gasteiger partial charge in [0.15, 0.2) is 9.84 Å². The van der Waals surface area contributed by atoms with Crippen molar-refractivity contribution in [2.45, 2.75) is 10.8 Å². The Morgan fingerprint density at radius 1 is 1.60 bits per heavy atom. The van der Waals surface area contributed by atoms with Crippen molar-refractivity contribution in [3.8, 4) is 6.07 Å².